The molecule has 98 valence electrons. The number of amides is 1. The fourth-order valence-corrected chi connectivity index (χ4v) is 2.16. The number of nitrogens with one attached hydrogen (secondary N) is 1. The monoisotopic (exact) mass is 313 g/mol. The van der Waals surface area contributed by atoms with Gasteiger partial charge in [-0.2, -0.15) is 0 Å². The number of halogens is 1. The number of rotatable bonds is 6. The Kier molecular flexibility index (Phi) is 5.85. The number of aliphatic carboxylic acids is 1. The van der Waals surface area contributed by atoms with E-state index < -0.39 is 5.97 Å². The molecule has 0 aliphatic carbocycles. The summed E-state index contributed by atoms with van der Waals surface area (Å²) in [6.45, 7) is 1.96. The van der Waals surface area contributed by atoms with Gasteiger partial charge >= 0.3 is 5.97 Å². The maximum atomic E-state index is 12.0. The van der Waals surface area contributed by atoms with Crippen LogP contribution in [-0.4, -0.2) is 23.0 Å². The maximum Gasteiger partial charge on any atom is 0.305 e. The van der Waals surface area contributed by atoms with Gasteiger partial charge in [0, 0.05) is 10.5 Å². The van der Waals surface area contributed by atoms with E-state index in [1.165, 1.54) is 0 Å². The van der Waals surface area contributed by atoms with Crippen molar-refractivity contribution in [1.82, 2.24) is 5.32 Å². The van der Waals surface area contributed by atoms with E-state index in [9.17, 15) is 9.59 Å². The summed E-state index contributed by atoms with van der Waals surface area (Å²) in [5.41, 5.74) is 0.518. The van der Waals surface area contributed by atoms with Gasteiger partial charge in [0.05, 0.1) is 12.0 Å². The summed E-state index contributed by atoms with van der Waals surface area (Å²) >= 11 is 3.30. The first-order chi connectivity index (χ1) is 8.54. The van der Waals surface area contributed by atoms with Gasteiger partial charge in [0.2, 0.25) is 0 Å². The van der Waals surface area contributed by atoms with E-state index in [1.54, 1.807) is 18.2 Å². The molecule has 0 radical (unpaired) electrons. The molecule has 0 aliphatic heterocycles. The Hall–Kier alpha value is -1.36. The summed E-state index contributed by atoms with van der Waals surface area (Å²) < 4.78 is 0.702. The van der Waals surface area contributed by atoms with Crippen LogP contribution in [0.3, 0.4) is 0 Å². The molecule has 1 rings (SSSR count). The second-order valence-electron chi connectivity index (χ2n) is 4.04. The molecule has 0 saturated heterocycles. The number of carboxylic acid groups (broad SMARTS) is 1. The first-order valence-electron chi connectivity index (χ1n) is 5.81. The highest BCUT2D eigenvalue weighted by atomic mass is 79.9. The molecule has 0 fully saturated rings. The summed E-state index contributed by atoms with van der Waals surface area (Å²) in [5.74, 6) is -1.15. The van der Waals surface area contributed by atoms with Gasteiger partial charge < -0.3 is 10.4 Å². The lowest BCUT2D eigenvalue weighted by Crippen LogP contribution is -2.36. The highest BCUT2D eigenvalue weighted by molar-refractivity contribution is 9.10. The van der Waals surface area contributed by atoms with Crippen molar-refractivity contribution in [2.24, 2.45) is 0 Å². The third-order valence-electron chi connectivity index (χ3n) is 2.51. The normalized spacial score (nSPS) is 11.9. The van der Waals surface area contributed by atoms with E-state index in [-0.39, 0.29) is 18.4 Å². The van der Waals surface area contributed by atoms with Crippen LogP contribution in [0.4, 0.5) is 0 Å². The van der Waals surface area contributed by atoms with Gasteiger partial charge in [-0.3, -0.25) is 9.59 Å². The number of carbonyl (C=O) groups excluding carboxylic acids is 1. The van der Waals surface area contributed by atoms with Crippen LogP contribution in [0.2, 0.25) is 0 Å². The molecule has 0 saturated carbocycles. The molecule has 0 heterocycles. The number of benzene rings is 1. The lowest BCUT2D eigenvalue weighted by molar-refractivity contribution is -0.137. The Labute approximate surface area is 115 Å². The SMILES string of the molecule is CCCC(CC(=O)O)NC(=O)c1ccccc1Br. The van der Waals surface area contributed by atoms with Crippen LogP contribution in [0.1, 0.15) is 36.5 Å². The van der Waals surface area contributed by atoms with Gasteiger partial charge in [0.15, 0.2) is 0 Å². The van der Waals surface area contributed by atoms with Gasteiger partial charge in [-0.15, -0.1) is 0 Å². The average molecular weight is 314 g/mol. The highest BCUT2D eigenvalue weighted by Gasteiger charge is 2.17. The van der Waals surface area contributed by atoms with Crippen molar-refractivity contribution in [3.8, 4) is 0 Å². The summed E-state index contributed by atoms with van der Waals surface area (Å²) in [7, 11) is 0. The van der Waals surface area contributed by atoms with Crippen LogP contribution in [-0.2, 0) is 4.79 Å². The van der Waals surface area contributed by atoms with E-state index in [0.717, 1.165) is 6.42 Å². The molecule has 1 aromatic carbocycles. The second kappa shape index (κ2) is 7.16. The minimum atomic E-state index is -0.902. The van der Waals surface area contributed by atoms with Crippen LogP contribution in [0, 0.1) is 0 Å². The molecule has 1 atom stereocenters. The number of hydrogen-bond acceptors (Lipinski definition) is 2. The maximum absolute atomic E-state index is 12.0. The van der Waals surface area contributed by atoms with Gasteiger partial charge in [0.25, 0.3) is 5.91 Å². The molecule has 0 spiro atoms. The first kappa shape index (κ1) is 14.7. The molecule has 4 nitrogen and oxygen atoms in total. The Morgan fingerprint density at radius 1 is 1.39 bits per heavy atom. The summed E-state index contributed by atoms with van der Waals surface area (Å²) in [6, 6.07) is 6.74. The fourth-order valence-electron chi connectivity index (χ4n) is 1.69. The third kappa shape index (κ3) is 4.49. The lowest BCUT2D eigenvalue weighted by atomic mass is 10.1. The van der Waals surface area contributed by atoms with Crippen LogP contribution in [0.5, 0.6) is 0 Å². The van der Waals surface area contributed by atoms with Crippen molar-refractivity contribution in [3.05, 3.63) is 34.3 Å². The van der Waals surface area contributed by atoms with E-state index in [4.69, 9.17) is 5.11 Å². The van der Waals surface area contributed by atoms with Gasteiger partial charge in [-0.1, -0.05) is 25.5 Å². The Morgan fingerprint density at radius 3 is 2.61 bits per heavy atom. The molecule has 18 heavy (non-hydrogen) atoms. The number of hydrogen-bond donors (Lipinski definition) is 2. The third-order valence-corrected chi connectivity index (χ3v) is 3.20. The fraction of sp³-hybridized carbons (Fsp3) is 0.385. The Bertz CT molecular complexity index is 434. The van der Waals surface area contributed by atoms with Crippen LogP contribution < -0.4 is 5.32 Å². The largest absolute Gasteiger partial charge is 0.481 e. The number of carbonyl (C=O) groups is 2. The van der Waals surface area contributed by atoms with Crippen molar-refractivity contribution in [2.45, 2.75) is 32.2 Å². The van der Waals surface area contributed by atoms with E-state index >= 15 is 0 Å². The predicted molar refractivity (Wildman–Crippen MR) is 72.6 cm³/mol. The van der Waals surface area contributed by atoms with Gasteiger partial charge in [0.1, 0.15) is 0 Å². The Balaban J connectivity index is 2.72. The van der Waals surface area contributed by atoms with Crippen molar-refractivity contribution >= 4 is 27.8 Å². The summed E-state index contributed by atoms with van der Waals surface area (Å²) in [4.78, 5) is 22.7. The van der Waals surface area contributed by atoms with Crippen molar-refractivity contribution in [3.63, 3.8) is 0 Å². The molecule has 0 bridgehead atoms. The van der Waals surface area contributed by atoms with Gasteiger partial charge in [-0.05, 0) is 34.5 Å². The summed E-state index contributed by atoms with van der Waals surface area (Å²) in [5, 5.41) is 11.5. The minimum absolute atomic E-state index is 0.0516. The number of carboxylic acids is 1. The quantitative estimate of drug-likeness (QED) is 0.848. The highest BCUT2D eigenvalue weighted by Crippen LogP contribution is 2.16. The van der Waals surface area contributed by atoms with Crippen molar-refractivity contribution in [1.29, 1.82) is 0 Å². The van der Waals surface area contributed by atoms with Crippen molar-refractivity contribution < 1.29 is 14.7 Å². The second-order valence-corrected chi connectivity index (χ2v) is 4.89. The van der Waals surface area contributed by atoms with Crippen LogP contribution in [0.15, 0.2) is 28.7 Å². The molecule has 1 unspecified atom stereocenters. The molecule has 1 amide bonds. The molecular weight excluding hydrogens is 298 g/mol. The van der Waals surface area contributed by atoms with Crippen molar-refractivity contribution in [2.75, 3.05) is 0 Å². The zero-order valence-corrected chi connectivity index (χ0v) is 11.7. The zero-order valence-electron chi connectivity index (χ0n) is 10.1. The topological polar surface area (TPSA) is 66.4 Å². The Morgan fingerprint density at radius 2 is 2.06 bits per heavy atom. The summed E-state index contributed by atoms with van der Waals surface area (Å²) in [6.07, 6.45) is 1.43. The van der Waals surface area contributed by atoms with Crippen LogP contribution in [0.25, 0.3) is 0 Å². The average Bonchev–Trinajstić information content (AvgIpc) is 2.28. The van der Waals surface area contributed by atoms with Crippen LogP contribution >= 0.6 is 15.9 Å². The van der Waals surface area contributed by atoms with E-state index in [1.807, 2.05) is 13.0 Å². The molecule has 0 aromatic heterocycles. The predicted octanol–water partition coefficient (Wildman–Crippen LogP) is 2.82. The molecule has 2 N–H and O–H groups in total. The standard InChI is InChI=1S/C13H16BrNO3/c1-2-5-9(8-12(16)17)15-13(18)10-6-3-4-7-11(10)14/h3-4,6-7,9H,2,5,8H2,1H3,(H,15,18)(H,16,17). The van der Waals surface area contributed by atoms with E-state index in [2.05, 4.69) is 21.2 Å². The molecular formula is C13H16BrNO3. The lowest BCUT2D eigenvalue weighted by Gasteiger charge is -2.16. The minimum Gasteiger partial charge on any atom is -0.481 e. The smallest absolute Gasteiger partial charge is 0.305 e. The molecule has 1 aromatic rings. The molecule has 5 heteroatoms. The zero-order chi connectivity index (χ0) is 13.5. The molecule has 0 aliphatic rings. The van der Waals surface area contributed by atoms with Gasteiger partial charge in [-0.25, -0.2) is 0 Å². The van der Waals surface area contributed by atoms with E-state index in [0.29, 0.717) is 16.5 Å². The first-order valence-corrected chi connectivity index (χ1v) is 6.61.